The first kappa shape index (κ1) is 13.0. The number of hydrogen-bond acceptors (Lipinski definition) is 3. The molecule has 1 aromatic carbocycles. The molecule has 0 aliphatic carbocycles. The highest BCUT2D eigenvalue weighted by molar-refractivity contribution is 5.49. The minimum absolute atomic E-state index is 0.0243. The minimum atomic E-state index is -4.73. The first-order chi connectivity index (χ1) is 8.32. The third-order valence-electron chi connectivity index (χ3n) is 2.85. The molecule has 1 N–H and O–H groups in total. The Morgan fingerprint density at radius 3 is 2.67 bits per heavy atom. The second kappa shape index (κ2) is 4.35. The number of fused-ring (bicyclic) bond motifs is 1. The Bertz CT molecular complexity index is 457. The number of benzene rings is 1. The summed E-state index contributed by atoms with van der Waals surface area (Å²) in [4.78, 5) is 0. The van der Waals surface area contributed by atoms with E-state index >= 15 is 0 Å². The lowest BCUT2D eigenvalue weighted by atomic mass is 10.0. The van der Waals surface area contributed by atoms with Gasteiger partial charge in [0.2, 0.25) is 0 Å². The van der Waals surface area contributed by atoms with Crippen molar-refractivity contribution >= 4 is 0 Å². The van der Waals surface area contributed by atoms with Gasteiger partial charge in [0.05, 0.1) is 7.11 Å². The molecule has 0 spiro atoms. The Labute approximate surface area is 102 Å². The number of aliphatic hydroxyl groups is 1. The molecule has 6 heteroatoms. The molecule has 0 radical (unpaired) electrons. The Morgan fingerprint density at radius 1 is 1.44 bits per heavy atom. The zero-order valence-corrected chi connectivity index (χ0v) is 9.91. The number of aliphatic hydroxyl groups excluding tert-OH is 1. The van der Waals surface area contributed by atoms with Crippen molar-refractivity contribution in [2.24, 2.45) is 0 Å². The van der Waals surface area contributed by atoms with Crippen LogP contribution in [0.5, 0.6) is 11.5 Å². The maximum Gasteiger partial charge on any atom is 0.418 e. The molecule has 1 aromatic rings. The fraction of sp³-hybridized carbons (Fsp3) is 0.500. The Morgan fingerprint density at radius 2 is 2.11 bits per heavy atom. The summed E-state index contributed by atoms with van der Waals surface area (Å²) in [6.45, 7) is 1.83. The van der Waals surface area contributed by atoms with Crippen LogP contribution in [-0.2, 0) is 6.42 Å². The SMILES string of the molecule is COc1cc2c(cc1C(O)C(F)(F)F)OC(C)C2. The second-order valence-corrected chi connectivity index (χ2v) is 4.28. The van der Waals surface area contributed by atoms with Crippen LogP contribution in [0.3, 0.4) is 0 Å². The van der Waals surface area contributed by atoms with Crippen LogP contribution in [0.15, 0.2) is 12.1 Å². The highest BCUT2D eigenvalue weighted by Gasteiger charge is 2.41. The van der Waals surface area contributed by atoms with Gasteiger partial charge in [-0.2, -0.15) is 13.2 Å². The lowest BCUT2D eigenvalue weighted by Crippen LogP contribution is -2.20. The van der Waals surface area contributed by atoms with Crippen molar-refractivity contribution in [3.63, 3.8) is 0 Å². The van der Waals surface area contributed by atoms with E-state index in [0.29, 0.717) is 12.2 Å². The van der Waals surface area contributed by atoms with E-state index in [0.717, 1.165) is 5.56 Å². The van der Waals surface area contributed by atoms with Crippen LogP contribution in [0.1, 0.15) is 24.2 Å². The van der Waals surface area contributed by atoms with Crippen molar-refractivity contribution in [2.45, 2.75) is 31.7 Å². The minimum Gasteiger partial charge on any atom is -0.496 e. The quantitative estimate of drug-likeness (QED) is 0.890. The van der Waals surface area contributed by atoms with Gasteiger partial charge in [0.15, 0.2) is 6.10 Å². The summed E-state index contributed by atoms with van der Waals surface area (Å²) in [5, 5.41) is 9.31. The molecule has 18 heavy (non-hydrogen) atoms. The summed E-state index contributed by atoms with van der Waals surface area (Å²) in [5.74, 6) is 0.401. The fourth-order valence-electron chi connectivity index (χ4n) is 2.02. The molecule has 2 atom stereocenters. The zero-order chi connectivity index (χ0) is 13.5. The third-order valence-corrected chi connectivity index (χ3v) is 2.85. The van der Waals surface area contributed by atoms with Crippen LogP contribution in [0.2, 0.25) is 0 Å². The topological polar surface area (TPSA) is 38.7 Å². The van der Waals surface area contributed by atoms with Crippen LogP contribution in [0, 0.1) is 0 Å². The van der Waals surface area contributed by atoms with Gasteiger partial charge in [-0.1, -0.05) is 0 Å². The summed E-state index contributed by atoms with van der Waals surface area (Å²) < 4.78 is 47.9. The average molecular weight is 262 g/mol. The van der Waals surface area contributed by atoms with Crippen molar-refractivity contribution in [3.8, 4) is 11.5 Å². The molecule has 0 saturated heterocycles. The van der Waals surface area contributed by atoms with Gasteiger partial charge in [0, 0.05) is 17.5 Å². The first-order valence-electron chi connectivity index (χ1n) is 5.45. The number of rotatable bonds is 2. The molecule has 1 aliphatic heterocycles. The Hall–Kier alpha value is -1.43. The van der Waals surface area contributed by atoms with Crippen LogP contribution in [0.25, 0.3) is 0 Å². The monoisotopic (exact) mass is 262 g/mol. The molecule has 100 valence electrons. The predicted octanol–water partition coefficient (Wildman–Crippen LogP) is 2.61. The van der Waals surface area contributed by atoms with Crippen molar-refractivity contribution in [1.29, 1.82) is 0 Å². The first-order valence-corrected chi connectivity index (χ1v) is 5.45. The van der Waals surface area contributed by atoms with Crippen LogP contribution >= 0.6 is 0 Å². The third kappa shape index (κ3) is 2.25. The van der Waals surface area contributed by atoms with E-state index in [4.69, 9.17) is 9.47 Å². The Kier molecular flexibility index (Phi) is 3.14. The highest BCUT2D eigenvalue weighted by Crippen LogP contribution is 2.42. The normalized spacial score (nSPS) is 20.2. The van der Waals surface area contributed by atoms with Gasteiger partial charge in [0.1, 0.15) is 17.6 Å². The molecule has 0 fully saturated rings. The second-order valence-electron chi connectivity index (χ2n) is 4.28. The summed E-state index contributed by atoms with van der Waals surface area (Å²) in [5.41, 5.74) is 0.468. The highest BCUT2D eigenvalue weighted by atomic mass is 19.4. The van der Waals surface area contributed by atoms with Gasteiger partial charge in [-0.3, -0.25) is 0 Å². The smallest absolute Gasteiger partial charge is 0.418 e. The van der Waals surface area contributed by atoms with E-state index in [2.05, 4.69) is 0 Å². The number of hydrogen-bond donors (Lipinski definition) is 1. The van der Waals surface area contributed by atoms with E-state index in [-0.39, 0.29) is 17.4 Å². The molecule has 2 rings (SSSR count). The molecule has 0 aromatic heterocycles. The van der Waals surface area contributed by atoms with Gasteiger partial charge >= 0.3 is 6.18 Å². The lowest BCUT2D eigenvalue weighted by molar-refractivity contribution is -0.207. The molecule has 2 unspecified atom stereocenters. The maximum atomic E-state index is 12.5. The fourth-order valence-corrected chi connectivity index (χ4v) is 2.02. The largest absolute Gasteiger partial charge is 0.496 e. The van der Waals surface area contributed by atoms with Crippen molar-refractivity contribution in [2.75, 3.05) is 7.11 Å². The maximum absolute atomic E-state index is 12.5. The predicted molar refractivity (Wildman–Crippen MR) is 57.8 cm³/mol. The Balaban J connectivity index is 2.45. The summed E-state index contributed by atoms with van der Waals surface area (Å²) in [6, 6.07) is 2.69. The van der Waals surface area contributed by atoms with E-state index in [9.17, 15) is 18.3 Å². The van der Waals surface area contributed by atoms with E-state index < -0.39 is 12.3 Å². The van der Waals surface area contributed by atoms with E-state index in [1.807, 2.05) is 6.92 Å². The lowest BCUT2D eigenvalue weighted by Gasteiger charge is -2.18. The molecule has 3 nitrogen and oxygen atoms in total. The van der Waals surface area contributed by atoms with Crippen LogP contribution in [-0.4, -0.2) is 24.5 Å². The van der Waals surface area contributed by atoms with Gasteiger partial charge in [-0.05, 0) is 19.1 Å². The van der Waals surface area contributed by atoms with Crippen molar-refractivity contribution in [3.05, 3.63) is 23.3 Å². The molecule has 0 saturated carbocycles. The molecule has 0 bridgehead atoms. The summed E-state index contributed by atoms with van der Waals surface area (Å²) in [6.07, 6.45) is -6.76. The number of ether oxygens (including phenoxy) is 2. The number of alkyl halides is 3. The van der Waals surface area contributed by atoms with E-state index in [1.165, 1.54) is 19.2 Å². The van der Waals surface area contributed by atoms with Crippen molar-refractivity contribution in [1.82, 2.24) is 0 Å². The summed E-state index contributed by atoms with van der Waals surface area (Å²) >= 11 is 0. The van der Waals surface area contributed by atoms with Gasteiger partial charge in [-0.15, -0.1) is 0 Å². The van der Waals surface area contributed by atoms with Gasteiger partial charge in [0.25, 0.3) is 0 Å². The van der Waals surface area contributed by atoms with E-state index in [1.54, 1.807) is 0 Å². The van der Waals surface area contributed by atoms with Crippen molar-refractivity contribution < 1.29 is 27.8 Å². The molecule has 0 amide bonds. The van der Waals surface area contributed by atoms with Crippen LogP contribution in [0.4, 0.5) is 13.2 Å². The molecule has 1 aliphatic rings. The molecule has 1 heterocycles. The molecular formula is C12H13F3O3. The average Bonchev–Trinajstić information content (AvgIpc) is 2.64. The van der Waals surface area contributed by atoms with Crippen LogP contribution < -0.4 is 9.47 Å². The summed E-state index contributed by atoms with van der Waals surface area (Å²) in [7, 11) is 1.27. The van der Waals surface area contributed by atoms with Gasteiger partial charge in [-0.25, -0.2) is 0 Å². The zero-order valence-electron chi connectivity index (χ0n) is 9.91. The van der Waals surface area contributed by atoms with Gasteiger partial charge < -0.3 is 14.6 Å². The molecular weight excluding hydrogens is 249 g/mol. The number of methoxy groups -OCH3 is 1. The number of halogens is 3. The standard InChI is InChI=1S/C12H13F3O3/c1-6-3-7-4-10(17-2)8(5-9(7)18-6)11(16)12(13,14)15/h4-6,11,16H,3H2,1-2H3.